The van der Waals surface area contributed by atoms with E-state index in [-0.39, 0.29) is 0 Å². The first-order valence-electron chi connectivity index (χ1n) is 6.49. The molecular weight excluding hydrogens is 312 g/mol. The molecule has 0 aliphatic heterocycles. The number of rotatable bonds is 3. The Morgan fingerprint density at radius 2 is 1.16 bits per heavy atom. The SMILES string of the molecule is C[Si](C)(C)c1ccc(C=Cc2ccc(Br)cc2)cc1. The fraction of sp³-hybridized carbons (Fsp3) is 0.176. The molecule has 0 atom stereocenters. The van der Waals surface area contributed by atoms with Crippen molar-refractivity contribution in [3.63, 3.8) is 0 Å². The third-order valence-electron chi connectivity index (χ3n) is 3.11. The highest BCUT2D eigenvalue weighted by molar-refractivity contribution is 9.10. The molecule has 0 fully saturated rings. The zero-order valence-corrected chi connectivity index (χ0v) is 14.2. The van der Waals surface area contributed by atoms with Crippen LogP contribution in [0.3, 0.4) is 0 Å². The van der Waals surface area contributed by atoms with Crippen molar-refractivity contribution in [1.29, 1.82) is 0 Å². The summed E-state index contributed by atoms with van der Waals surface area (Å²) in [6.07, 6.45) is 4.31. The van der Waals surface area contributed by atoms with Gasteiger partial charge in [0.05, 0.1) is 8.07 Å². The Hall–Kier alpha value is -1.12. The van der Waals surface area contributed by atoms with Crippen molar-refractivity contribution in [2.24, 2.45) is 0 Å². The normalized spacial score (nSPS) is 12.0. The molecule has 2 aromatic rings. The molecule has 0 spiro atoms. The maximum absolute atomic E-state index is 3.45. The molecule has 0 radical (unpaired) electrons. The summed E-state index contributed by atoms with van der Waals surface area (Å²) in [4.78, 5) is 0. The van der Waals surface area contributed by atoms with Gasteiger partial charge >= 0.3 is 0 Å². The highest BCUT2D eigenvalue weighted by Gasteiger charge is 2.15. The van der Waals surface area contributed by atoms with Crippen LogP contribution in [0.5, 0.6) is 0 Å². The third kappa shape index (κ3) is 4.18. The van der Waals surface area contributed by atoms with Crippen molar-refractivity contribution in [1.82, 2.24) is 0 Å². The van der Waals surface area contributed by atoms with Crippen LogP contribution < -0.4 is 5.19 Å². The smallest absolute Gasteiger partial charge is 0.0656 e. The van der Waals surface area contributed by atoms with E-state index in [2.05, 4.69) is 96.3 Å². The van der Waals surface area contributed by atoms with Crippen LogP contribution in [0, 0.1) is 0 Å². The van der Waals surface area contributed by atoms with Gasteiger partial charge < -0.3 is 0 Å². The molecule has 0 nitrogen and oxygen atoms in total. The Kier molecular flexibility index (Phi) is 4.43. The molecular formula is C17H19BrSi. The molecule has 0 saturated carbocycles. The van der Waals surface area contributed by atoms with Gasteiger partial charge in [-0.1, -0.05) is 89.3 Å². The Morgan fingerprint density at radius 3 is 1.58 bits per heavy atom. The maximum Gasteiger partial charge on any atom is 0.0775 e. The predicted octanol–water partition coefficient (Wildman–Crippen LogP) is 5.16. The van der Waals surface area contributed by atoms with Crippen molar-refractivity contribution in [3.05, 3.63) is 64.1 Å². The lowest BCUT2D eigenvalue weighted by Gasteiger charge is -2.16. The van der Waals surface area contributed by atoms with E-state index in [9.17, 15) is 0 Å². The summed E-state index contributed by atoms with van der Waals surface area (Å²) >= 11 is 3.45. The summed E-state index contributed by atoms with van der Waals surface area (Å²) in [6, 6.07) is 17.3. The minimum atomic E-state index is -1.18. The summed E-state index contributed by atoms with van der Waals surface area (Å²) in [7, 11) is -1.18. The molecule has 0 N–H and O–H groups in total. The topological polar surface area (TPSA) is 0 Å². The third-order valence-corrected chi connectivity index (χ3v) is 5.71. The van der Waals surface area contributed by atoms with Gasteiger partial charge in [-0.15, -0.1) is 0 Å². The van der Waals surface area contributed by atoms with E-state index in [4.69, 9.17) is 0 Å². The maximum atomic E-state index is 3.45. The number of halogens is 1. The second kappa shape index (κ2) is 5.89. The van der Waals surface area contributed by atoms with E-state index in [1.807, 2.05) is 0 Å². The Balaban J connectivity index is 2.13. The van der Waals surface area contributed by atoms with Gasteiger partial charge in [0, 0.05) is 4.47 Å². The lowest BCUT2D eigenvalue weighted by molar-refractivity contribution is 1.61. The minimum absolute atomic E-state index is 1.11. The van der Waals surface area contributed by atoms with E-state index in [1.54, 1.807) is 0 Å². The first-order valence-corrected chi connectivity index (χ1v) is 10.8. The monoisotopic (exact) mass is 330 g/mol. The molecule has 0 saturated heterocycles. The molecule has 2 aromatic carbocycles. The van der Waals surface area contributed by atoms with Crippen molar-refractivity contribution in [3.8, 4) is 0 Å². The molecule has 2 heteroatoms. The summed E-state index contributed by atoms with van der Waals surface area (Å²) in [5.74, 6) is 0. The van der Waals surface area contributed by atoms with Gasteiger partial charge in [0.2, 0.25) is 0 Å². The summed E-state index contributed by atoms with van der Waals surface area (Å²) < 4.78 is 1.11. The first-order chi connectivity index (χ1) is 8.95. The Labute approximate surface area is 125 Å². The molecule has 19 heavy (non-hydrogen) atoms. The lowest BCUT2D eigenvalue weighted by Crippen LogP contribution is -2.37. The summed E-state index contributed by atoms with van der Waals surface area (Å²) in [6.45, 7) is 7.12. The highest BCUT2D eigenvalue weighted by Crippen LogP contribution is 2.13. The average molecular weight is 331 g/mol. The molecule has 0 heterocycles. The molecule has 2 rings (SSSR count). The second-order valence-electron chi connectivity index (χ2n) is 5.76. The van der Waals surface area contributed by atoms with Crippen LogP contribution >= 0.6 is 15.9 Å². The Morgan fingerprint density at radius 1 is 0.737 bits per heavy atom. The van der Waals surface area contributed by atoms with E-state index in [0.717, 1.165) is 4.47 Å². The zero-order chi connectivity index (χ0) is 13.9. The minimum Gasteiger partial charge on any atom is -0.0656 e. The number of benzene rings is 2. The van der Waals surface area contributed by atoms with Crippen LogP contribution in [0.15, 0.2) is 53.0 Å². The molecule has 0 aromatic heterocycles. The van der Waals surface area contributed by atoms with Crippen LogP contribution in [0.4, 0.5) is 0 Å². The Bertz CT molecular complexity index is 560. The fourth-order valence-corrected chi connectivity index (χ4v) is 3.29. The standard InChI is InChI=1S/C17H19BrSi/c1-19(2,3)17-12-8-15(9-13-17)5-4-14-6-10-16(18)11-7-14/h4-13H,1-3H3. The summed E-state index contributed by atoms with van der Waals surface area (Å²) in [5, 5.41) is 1.51. The van der Waals surface area contributed by atoms with E-state index in [1.165, 1.54) is 16.3 Å². The predicted molar refractivity (Wildman–Crippen MR) is 92.5 cm³/mol. The van der Waals surface area contributed by atoms with Crippen LogP contribution in [0.1, 0.15) is 11.1 Å². The number of hydrogen-bond donors (Lipinski definition) is 0. The van der Waals surface area contributed by atoms with Gasteiger partial charge in [-0.2, -0.15) is 0 Å². The van der Waals surface area contributed by atoms with E-state index >= 15 is 0 Å². The quantitative estimate of drug-likeness (QED) is 0.538. The first kappa shape index (κ1) is 14.3. The molecule has 0 amide bonds. The van der Waals surface area contributed by atoms with Gasteiger partial charge in [0.25, 0.3) is 0 Å². The lowest BCUT2D eigenvalue weighted by atomic mass is 10.1. The van der Waals surface area contributed by atoms with E-state index < -0.39 is 8.07 Å². The fourth-order valence-electron chi connectivity index (χ4n) is 1.86. The molecule has 0 unspecified atom stereocenters. The largest absolute Gasteiger partial charge is 0.0775 e. The number of hydrogen-bond acceptors (Lipinski definition) is 0. The second-order valence-corrected chi connectivity index (χ2v) is 11.7. The van der Waals surface area contributed by atoms with Crippen LogP contribution in [-0.4, -0.2) is 8.07 Å². The zero-order valence-electron chi connectivity index (χ0n) is 11.7. The van der Waals surface area contributed by atoms with Crippen molar-refractivity contribution in [2.75, 3.05) is 0 Å². The molecule has 0 aliphatic rings. The van der Waals surface area contributed by atoms with E-state index in [0.29, 0.717) is 0 Å². The molecule has 0 aliphatic carbocycles. The van der Waals surface area contributed by atoms with Crippen molar-refractivity contribution in [2.45, 2.75) is 19.6 Å². The van der Waals surface area contributed by atoms with Crippen LogP contribution in [-0.2, 0) is 0 Å². The van der Waals surface area contributed by atoms with Crippen LogP contribution in [0.2, 0.25) is 19.6 Å². The molecule has 0 bridgehead atoms. The van der Waals surface area contributed by atoms with Crippen LogP contribution in [0.25, 0.3) is 12.2 Å². The van der Waals surface area contributed by atoms with Gasteiger partial charge in [-0.05, 0) is 23.3 Å². The van der Waals surface area contributed by atoms with Crippen molar-refractivity contribution < 1.29 is 0 Å². The highest BCUT2D eigenvalue weighted by atomic mass is 79.9. The van der Waals surface area contributed by atoms with Gasteiger partial charge in [0.15, 0.2) is 0 Å². The van der Waals surface area contributed by atoms with Gasteiger partial charge in [-0.3, -0.25) is 0 Å². The van der Waals surface area contributed by atoms with Gasteiger partial charge in [0.1, 0.15) is 0 Å². The molecule has 98 valence electrons. The van der Waals surface area contributed by atoms with Gasteiger partial charge in [-0.25, -0.2) is 0 Å². The summed E-state index contributed by atoms with van der Waals surface area (Å²) in [5.41, 5.74) is 2.47. The van der Waals surface area contributed by atoms with Crippen molar-refractivity contribution >= 4 is 41.3 Å². The average Bonchev–Trinajstić information content (AvgIpc) is 2.37.